The summed E-state index contributed by atoms with van der Waals surface area (Å²) in [5.74, 6) is 0.672. The molecule has 0 N–H and O–H groups in total. The van der Waals surface area contributed by atoms with E-state index in [-0.39, 0.29) is 0 Å². The Balaban J connectivity index is 1.15. The summed E-state index contributed by atoms with van der Waals surface area (Å²) in [7, 11) is 0. The number of allylic oxidation sites excluding steroid dienone is 2. The van der Waals surface area contributed by atoms with Gasteiger partial charge in [0.1, 0.15) is 16.8 Å². The average Bonchev–Trinajstić information content (AvgIpc) is 3.53. The molecule has 0 aliphatic heterocycles. The average molecular weight is 605 g/mol. The molecule has 0 saturated carbocycles. The standard InChI is InChI=1S/C44H32N2O/c1-3-29(2)30-13-15-33(16-14-30)36-23-27-38(28-24-36)44-45-41(43-42(46-44)39-11-7-8-12-40(39)47-43)37-25-21-35(22-26-37)34-19-17-32(18-20-34)31-9-5-4-6-10-31/h3-28H,1-2H3/b29-3+. The highest BCUT2D eigenvalue weighted by molar-refractivity contribution is 6.07. The number of hydrogen-bond donors (Lipinski definition) is 0. The Morgan fingerprint density at radius 1 is 0.489 bits per heavy atom. The lowest BCUT2D eigenvalue weighted by Gasteiger charge is -2.09. The van der Waals surface area contributed by atoms with Crippen molar-refractivity contribution in [3.05, 3.63) is 163 Å². The van der Waals surface area contributed by atoms with Gasteiger partial charge in [0.05, 0.1) is 0 Å². The van der Waals surface area contributed by atoms with E-state index in [1.165, 1.54) is 33.4 Å². The third kappa shape index (κ3) is 5.43. The molecule has 0 unspecified atom stereocenters. The minimum Gasteiger partial charge on any atom is -0.452 e. The van der Waals surface area contributed by atoms with Crippen LogP contribution in [0.3, 0.4) is 0 Å². The Kier molecular flexibility index (Phi) is 7.28. The monoisotopic (exact) mass is 604 g/mol. The number of hydrogen-bond acceptors (Lipinski definition) is 3. The SMILES string of the molecule is C/C=C(\C)c1ccc(-c2ccc(-c3nc(-c4ccc(-c5ccc(-c6ccccc6)cc5)cc4)c4oc5ccccc5c4n3)cc2)cc1. The second-order valence-corrected chi connectivity index (χ2v) is 11.8. The summed E-state index contributed by atoms with van der Waals surface area (Å²) in [6.45, 7) is 4.21. The van der Waals surface area contributed by atoms with E-state index < -0.39 is 0 Å². The van der Waals surface area contributed by atoms with Crippen LogP contribution in [0.2, 0.25) is 0 Å². The summed E-state index contributed by atoms with van der Waals surface area (Å²) in [5, 5.41) is 0.982. The lowest BCUT2D eigenvalue weighted by molar-refractivity contribution is 0.667. The van der Waals surface area contributed by atoms with Crippen molar-refractivity contribution in [2.24, 2.45) is 0 Å². The highest BCUT2D eigenvalue weighted by Gasteiger charge is 2.18. The predicted octanol–water partition coefficient (Wildman–Crippen LogP) is 12.1. The molecular formula is C44H32N2O. The minimum atomic E-state index is 0.672. The van der Waals surface area contributed by atoms with Crippen LogP contribution in [-0.4, -0.2) is 9.97 Å². The molecule has 47 heavy (non-hydrogen) atoms. The van der Waals surface area contributed by atoms with Gasteiger partial charge >= 0.3 is 0 Å². The maximum Gasteiger partial charge on any atom is 0.180 e. The fraction of sp³-hybridized carbons (Fsp3) is 0.0455. The third-order valence-electron chi connectivity index (χ3n) is 8.95. The van der Waals surface area contributed by atoms with Crippen molar-refractivity contribution in [3.8, 4) is 56.0 Å². The first-order valence-electron chi connectivity index (χ1n) is 15.9. The van der Waals surface area contributed by atoms with Gasteiger partial charge < -0.3 is 4.42 Å². The Labute approximate surface area is 274 Å². The summed E-state index contributed by atoms with van der Waals surface area (Å²) in [6.07, 6.45) is 2.14. The molecule has 6 aromatic carbocycles. The van der Waals surface area contributed by atoms with E-state index in [4.69, 9.17) is 14.4 Å². The highest BCUT2D eigenvalue weighted by Crippen LogP contribution is 2.37. The first-order chi connectivity index (χ1) is 23.1. The molecule has 0 radical (unpaired) electrons. The topological polar surface area (TPSA) is 38.9 Å². The van der Waals surface area contributed by atoms with Gasteiger partial charge in [-0.2, -0.15) is 0 Å². The normalized spacial score (nSPS) is 11.7. The third-order valence-corrected chi connectivity index (χ3v) is 8.95. The molecule has 2 aromatic heterocycles. The molecule has 2 heterocycles. The molecule has 8 rings (SSSR count). The van der Waals surface area contributed by atoms with Gasteiger partial charge in [0.15, 0.2) is 11.4 Å². The molecule has 0 bridgehead atoms. The molecule has 3 nitrogen and oxygen atoms in total. The van der Waals surface area contributed by atoms with Gasteiger partial charge in [-0.25, -0.2) is 9.97 Å². The van der Waals surface area contributed by atoms with E-state index in [9.17, 15) is 0 Å². The van der Waals surface area contributed by atoms with Gasteiger partial charge in [-0.3, -0.25) is 0 Å². The van der Waals surface area contributed by atoms with Gasteiger partial charge in [-0.1, -0.05) is 146 Å². The number of nitrogens with zero attached hydrogens (tertiary/aromatic N) is 2. The number of rotatable bonds is 6. The molecule has 8 aromatic rings. The van der Waals surface area contributed by atoms with Crippen LogP contribution in [0.1, 0.15) is 19.4 Å². The van der Waals surface area contributed by atoms with Crippen LogP contribution in [0, 0.1) is 0 Å². The fourth-order valence-electron chi connectivity index (χ4n) is 6.13. The number of furan rings is 1. The van der Waals surface area contributed by atoms with Gasteiger partial charge in [0.2, 0.25) is 0 Å². The van der Waals surface area contributed by atoms with E-state index in [1.807, 2.05) is 24.3 Å². The molecule has 0 fully saturated rings. The second-order valence-electron chi connectivity index (χ2n) is 11.8. The van der Waals surface area contributed by atoms with Gasteiger partial charge in [-0.15, -0.1) is 0 Å². The number of para-hydroxylation sites is 1. The highest BCUT2D eigenvalue weighted by atomic mass is 16.3. The fourth-order valence-corrected chi connectivity index (χ4v) is 6.13. The minimum absolute atomic E-state index is 0.672. The zero-order chi connectivity index (χ0) is 31.7. The molecule has 0 aliphatic rings. The van der Waals surface area contributed by atoms with E-state index in [2.05, 4.69) is 147 Å². The summed E-state index contributed by atoms with van der Waals surface area (Å²) >= 11 is 0. The van der Waals surface area contributed by atoms with E-state index >= 15 is 0 Å². The van der Waals surface area contributed by atoms with Gasteiger partial charge in [0, 0.05) is 16.5 Å². The van der Waals surface area contributed by atoms with Crippen LogP contribution in [-0.2, 0) is 0 Å². The van der Waals surface area contributed by atoms with Crippen molar-refractivity contribution in [2.45, 2.75) is 13.8 Å². The summed E-state index contributed by atoms with van der Waals surface area (Å²) in [6, 6.07) is 53.0. The first-order valence-corrected chi connectivity index (χ1v) is 15.9. The zero-order valence-electron chi connectivity index (χ0n) is 26.3. The van der Waals surface area contributed by atoms with Crippen LogP contribution in [0.25, 0.3) is 83.7 Å². The molecule has 0 aliphatic carbocycles. The molecule has 3 heteroatoms. The summed E-state index contributed by atoms with van der Waals surface area (Å²) in [5.41, 5.74) is 14.6. The number of fused-ring (bicyclic) bond motifs is 3. The number of aromatic nitrogens is 2. The van der Waals surface area contributed by atoms with Crippen molar-refractivity contribution in [2.75, 3.05) is 0 Å². The van der Waals surface area contributed by atoms with Crippen molar-refractivity contribution in [3.63, 3.8) is 0 Å². The maximum absolute atomic E-state index is 6.38. The molecular weight excluding hydrogens is 572 g/mol. The maximum atomic E-state index is 6.38. The molecule has 0 saturated heterocycles. The van der Waals surface area contributed by atoms with Crippen molar-refractivity contribution >= 4 is 27.6 Å². The Bertz CT molecular complexity index is 2370. The Morgan fingerprint density at radius 2 is 0.957 bits per heavy atom. The predicted molar refractivity (Wildman–Crippen MR) is 196 cm³/mol. The van der Waals surface area contributed by atoms with Crippen LogP contribution in [0.4, 0.5) is 0 Å². The van der Waals surface area contributed by atoms with E-state index in [0.29, 0.717) is 11.4 Å². The van der Waals surface area contributed by atoms with Crippen LogP contribution < -0.4 is 0 Å². The lowest BCUT2D eigenvalue weighted by Crippen LogP contribution is -1.94. The van der Waals surface area contributed by atoms with Crippen LogP contribution in [0.5, 0.6) is 0 Å². The molecule has 0 amide bonds. The Morgan fingerprint density at radius 3 is 1.53 bits per heavy atom. The lowest BCUT2D eigenvalue weighted by atomic mass is 9.99. The van der Waals surface area contributed by atoms with Gasteiger partial charge in [0.25, 0.3) is 0 Å². The first kappa shape index (κ1) is 28.4. The Hall–Kier alpha value is -6.06. The van der Waals surface area contributed by atoms with Crippen LogP contribution in [0.15, 0.2) is 162 Å². The van der Waals surface area contributed by atoms with Crippen molar-refractivity contribution in [1.82, 2.24) is 9.97 Å². The summed E-state index contributed by atoms with van der Waals surface area (Å²) < 4.78 is 6.38. The van der Waals surface area contributed by atoms with Crippen LogP contribution >= 0.6 is 0 Å². The second kappa shape index (κ2) is 12.0. The number of benzene rings is 6. The zero-order valence-corrected chi connectivity index (χ0v) is 26.3. The smallest absolute Gasteiger partial charge is 0.180 e. The molecule has 0 spiro atoms. The van der Waals surface area contributed by atoms with E-state index in [0.717, 1.165) is 44.4 Å². The van der Waals surface area contributed by atoms with Crippen molar-refractivity contribution in [1.29, 1.82) is 0 Å². The largest absolute Gasteiger partial charge is 0.452 e. The van der Waals surface area contributed by atoms with Crippen molar-refractivity contribution < 1.29 is 4.42 Å². The van der Waals surface area contributed by atoms with E-state index in [1.54, 1.807) is 0 Å². The quantitative estimate of drug-likeness (QED) is 0.189. The van der Waals surface area contributed by atoms with Gasteiger partial charge in [-0.05, 0) is 70.5 Å². The summed E-state index contributed by atoms with van der Waals surface area (Å²) in [4.78, 5) is 10.2. The molecule has 0 atom stereocenters. The molecule has 224 valence electrons.